The molecule has 7 heteroatoms. The molecule has 7 nitrogen and oxygen atoms in total. The van der Waals surface area contributed by atoms with Gasteiger partial charge in [-0.25, -0.2) is 5.01 Å². The SMILES string of the molecule is COCC(C)C(C(=O)O)c1ccc(CN2N=C(c3ccccc3)OCC2=O)cc1. The van der Waals surface area contributed by atoms with Crippen LogP contribution in [0.2, 0.25) is 0 Å². The molecule has 0 spiro atoms. The smallest absolute Gasteiger partial charge is 0.311 e. The van der Waals surface area contributed by atoms with Crippen LogP contribution < -0.4 is 0 Å². The van der Waals surface area contributed by atoms with Gasteiger partial charge in [0, 0.05) is 19.3 Å². The minimum absolute atomic E-state index is 0.0680. The Morgan fingerprint density at radius 2 is 1.90 bits per heavy atom. The second-order valence-electron chi connectivity index (χ2n) is 7.00. The van der Waals surface area contributed by atoms with E-state index in [1.54, 1.807) is 19.2 Å². The van der Waals surface area contributed by atoms with E-state index < -0.39 is 11.9 Å². The van der Waals surface area contributed by atoms with Gasteiger partial charge in [0.05, 0.1) is 12.5 Å². The van der Waals surface area contributed by atoms with Gasteiger partial charge in [-0.1, -0.05) is 49.4 Å². The summed E-state index contributed by atoms with van der Waals surface area (Å²) in [6, 6.07) is 16.6. The number of nitrogens with zero attached hydrogens (tertiary/aromatic N) is 2. The minimum atomic E-state index is -0.886. The number of carboxylic acids is 1. The first-order chi connectivity index (χ1) is 14.0. The minimum Gasteiger partial charge on any atom is -0.481 e. The third-order valence-electron chi connectivity index (χ3n) is 4.79. The van der Waals surface area contributed by atoms with Gasteiger partial charge in [-0.3, -0.25) is 9.59 Å². The molecule has 1 aliphatic heterocycles. The van der Waals surface area contributed by atoms with Crippen molar-refractivity contribution in [3.05, 3.63) is 71.3 Å². The Hall–Kier alpha value is -3.19. The largest absolute Gasteiger partial charge is 0.481 e. The third kappa shape index (κ3) is 5.00. The Balaban J connectivity index is 1.76. The van der Waals surface area contributed by atoms with Crippen molar-refractivity contribution in [3.63, 3.8) is 0 Å². The number of carboxylic acid groups (broad SMARTS) is 1. The summed E-state index contributed by atoms with van der Waals surface area (Å²) >= 11 is 0. The molecule has 0 fully saturated rings. The fraction of sp³-hybridized carbons (Fsp3) is 0.318. The second kappa shape index (κ2) is 9.34. The number of hydrogen-bond donors (Lipinski definition) is 1. The molecule has 29 heavy (non-hydrogen) atoms. The van der Waals surface area contributed by atoms with Gasteiger partial charge in [0.1, 0.15) is 0 Å². The van der Waals surface area contributed by atoms with Crippen molar-refractivity contribution in [3.8, 4) is 0 Å². The lowest BCUT2D eigenvalue weighted by Gasteiger charge is -2.24. The van der Waals surface area contributed by atoms with Crippen molar-refractivity contribution in [1.82, 2.24) is 5.01 Å². The van der Waals surface area contributed by atoms with E-state index in [2.05, 4.69) is 5.10 Å². The van der Waals surface area contributed by atoms with Crippen LogP contribution in [0.3, 0.4) is 0 Å². The molecule has 2 aromatic carbocycles. The molecule has 2 unspecified atom stereocenters. The fourth-order valence-electron chi connectivity index (χ4n) is 3.32. The summed E-state index contributed by atoms with van der Waals surface area (Å²) in [4.78, 5) is 23.9. The zero-order valence-electron chi connectivity index (χ0n) is 16.4. The zero-order valence-corrected chi connectivity index (χ0v) is 16.4. The quantitative estimate of drug-likeness (QED) is 0.741. The molecule has 152 valence electrons. The highest BCUT2D eigenvalue weighted by molar-refractivity contribution is 5.97. The molecular weight excluding hydrogens is 372 g/mol. The number of amides is 1. The van der Waals surface area contributed by atoms with E-state index in [1.165, 1.54) is 5.01 Å². The van der Waals surface area contributed by atoms with Crippen molar-refractivity contribution in [2.24, 2.45) is 11.0 Å². The van der Waals surface area contributed by atoms with Gasteiger partial charge in [-0.15, -0.1) is 5.10 Å². The normalized spacial score (nSPS) is 16.0. The Kier molecular flexibility index (Phi) is 6.61. The maximum Gasteiger partial charge on any atom is 0.311 e. The average molecular weight is 396 g/mol. The van der Waals surface area contributed by atoms with Crippen LogP contribution in [0.15, 0.2) is 59.7 Å². The number of methoxy groups -OCH3 is 1. The molecule has 2 aromatic rings. The molecule has 0 bridgehead atoms. The highest BCUT2D eigenvalue weighted by atomic mass is 16.5. The third-order valence-corrected chi connectivity index (χ3v) is 4.79. The number of aliphatic carboxylic acids is 1. The molecule has 2 atom stereocenters. The van der Waals surface area contributed by atoms with Gasteiger partial charge < -0.3 is 14.6 Å². The number of rotatable bonds is 8. The van der Waals surface area contributed by atoms with Crippen molar-refractivity contribution in [1.29, 1.82) is 0 Å². The van der Waals surface area contributed by atoms with Crippen LogP contribution in [0.25, 0.3) is 0 Å². The van der Waals surface area contributed by atoms with E-state index in [4.69, 9.17) is 9.47 Å². The summed E-state index contributed by atoms with van der Waals surface area (Å²) in [5.74, 6) is -1.53. The molecule has 1 heterocycles. The van der Waals surface area contributed by atoms with Crippen LogP contribution in [0, 0.1) is 5.92 Å². The summed E-state index contributed by atoms with van der Waals surface area (Å²) in [7, 11) is 1.56. The Bertz CT molecular complexity index is 880. The van der Waals surface area contributed by atoms with E-state index >= 15 is 0 Å². The van der Waals surface area contributed by atoms with Crippen LogP contribution >= 0.6 is 0 Å². The molecule has 0 aliphatic carbocycles. The van der Waals surface area contributed by atoms with Gasteiger partial charge in [0.15, 0.2) is 6.61 Å². The average Bonchev–Trinajstić information content (AvgIpc) is 2.72. The van der Waals surface area contributed by atoms with Gasteiger partial charge >= 0.3 is 5.97 Å². The van der Waals surface area contributed by atoms with Gasteiger partial charge in [0.2, 0.25) is 5.90 Å². The first-order valence-corrected chi connectivity index (χ1v) is 9.37. The summed E-state index contributed by atoms with van der Waals surface area (Å²) in [5, 5.41) is 15.3. The first kappa shape index (κ1) is 20.5. The number of carbonyl (C=O) groups excluding carboxylic acids is 1. The van der Waals surface area contributed by atoms with Crippen molar-refractivity contribution in [2.45, 2.75) is 19.4 Å². The van der Waals surface area contributed by atoms with E-state index in [-0.39, 0.29) is 25.0 Å². The maximum atomic E-state index is 12.2. The lowest BCUT2D eigenvalue weighted by Crippen LogP contribution is -2.36. The first-order valence-electron chi connectivity index (χ1n) is 9.37. The highest BCUT2D eigenvalue weighted by Gasteiger charge is 2.27. The number of ether oxygens (including phenoxy) is 2. The molecule has 1 amide bonds. The number of hydrogen-bond acceptors (Lipinski definition) is 5. The van der Waals surface area contributed by atoms with Crippen LogP contribution in [0.4, 0.5) is 0 Å². The predicted octanol–water partition coefficient (Wildman–Crippen LogP) is 2.86. The molecular formula is C22H24N2O5. The molecule has 3 rings (SSSR count). The molecule has 1 aliphatic rings. The predicted molar refractivity (Wildman–Crippen MR) is 107 cm³/mol. The van der Waals surface area contributed by atoms with Gasteiger partial charge in [0.25, 0.3) is 5.91 Å². The van der Waals surface area contributed by atoms with Crippen molar-refractivity contribution >= 4 is 17.8 Å². The maximum absolute atomic E-state index is 12.2. The fourth-order valence-corrected chi connectivity index (χ4v) is 3.32. The van der Waals surface area contributed by atoms with Crippen LogP contribution in [-0.4, -0.2) is 48.2 Å². The van der Waals surface area contributed by atoms with Gasteiger partial charge in [-0.05, 0) is 29.2 Å². The monoisotopic (exact) mass is 396 g/mol. The second-order valence-corrected chi connectivity index (χ2v) is 7.00. The Labute approximate surface area is 169 Å². The van der Waals surface area contributed by atoms with E-state index in [0.29, 0.717) is 18.1 Å². The molecule has 0 saturated carbocycles. The highest BCUT2D eigenvalue weighted by Crippen LogP contribution is 2.26. The number of benzene rings is 2. The van der Waals surface area contributed by atoms with Gasteiger partial charge in [-0.2, -0.15) is 0 Å². The summed E-state index contributed by atoms with van der Waals surface area (Å²) in [5.41, 5.74) is 2.35. The van der Waals surface area contributed by atoms with E-state index in [1.807, 2.05) is 49.4 Å². The summed E-state index contributed by atoms with van der Waals surface area (Å²) in [6.45, 7) is 2.42. The van der Waals surface area contributed by atoms with E-state index in [0.717, 1.165) is 11.1 Å². The van der Waals surface area contributed by atoms with Crippen molar-refractivity contribution in [2.75, 3.05) is 20.3 Å². The number of carbonyl (C=O) groups is 2. The number of hydrazone groups is 1. The van der Waals surface area contributed by atoms with Crippen LogP contribution in [0.1, 0.15) is 29.5 Å². The van der Waals surface area contributed by atoms with Crippen LogP contribution in [-0.2, 0) is 25.6 Å². The summed E-state index contributed by atoms with van der Waals surface area (Å²) in [6.07, 6.45) is 0. The lowest BCUT2D eigenvalue weighted by molar-refractivity contribution is -0.140. The topological polar surface area (TPSA) is 88.4 Å². The summed E-state index contributed by atoms with van der Waals surface area (Å²) < 4.78 is 10.6. The standard InChI is InChI=1S/C22H24N2O5/c1-15(13-28-2)20(22(26)27)17-10-8-16(9-11-17)12-24-19(25)14-29-21(23-24)18-6-4-3-5-7-18/h3-11,15,20H,12-14H2,1-2H3,(H,26,27). The molecule has 0 aromatic heterocycles. The van der Waals surface area contributed by atoms with Crippen molar-refractivity contribution < 1.29 is 24.2 Å². The molecule has 1 N–H and O–H groups in total. The Morgan fingerprint density at radius 3 is 2.52 bits per heavy atom. The van der Waals surface area contributed by atoms with E-state index in [9.17, 15) is 14.7 Å². The Morgan fingerprint density at radius 1 is 1.21 bits per heavy atom. The zero-order chi connectivity index (χ0) is 20.8. The lowest BCUT2D eigenvalue weighted by atomic mass is 9.87. The molecule has 0 radical (unpaired) electrons. The molecule has 0 saturated heterocycles. The van der Waals surface area contributed by atoms with Crippen LogP contribution in [0.5, 0.6) is 0 Å².